The van der Waals surface area contributed by atoms with E-state index < -0.39 is 0 Å². The number of carbonyl (C=O) groups excluding carboxylic acids is 1. The van der Waals surface area contributed by atoms with Gasteiger partial charge >= 0.3 is 0 Å². The Kier molecular flexibility index (Phi) is 3.49. The first-order valence-electron chi connectivity index (χ1n) is 8.36. The third-order valence-corrected chi connectivity index (χ3v) is 6.30. The molecule has 0 aliphatic heterocycles. The van der Waals surface area contributed by atoms with Gasteiger partial charge in [-0.15, -0.1) is 0 Å². The van der Waals surface area contributed by atoms with Crippen LogP contribution in [0, 0.1) is 23.2 Å². The molecule has 0 saturated heterocycles. The summed E-state index contributed by atoms with van der Waals surface area (Å²) in [4.78, 5) is 15.4. The van der Waals surface area contributed by atoms with Crippen LogP contribution in [0.2, 0.25) is 0 Å². The van der Waals surface area contributed by atoms with Crippen LogP contribution in [0.15, 0.2) is 0 Å². The van der Waals surface area contributed by atoms with Gasteiger partial charge in [0, 0.05) is 5.41 Å². The van der Waals surface area contributed by atoms with Crippen molar-refractivity contribution in [1.29, 1.82) is 0 Å². The van der Waals surface area contributed by atoms with Crippen molar-refractivity contribution in [2.24, 2.45) is 23.2 Å². The zero-order valence-corrected chi connectivity index (χ0v) is 12.8. The molecule has 0 aromatic carbocycles. The molecular weight excluding hydrogens is 234 g/mol. The standard InChI is InChI=1S/C17H29NO/c1-4-18(5-2)12(3)16(19)17-9-13-6-14(10-17)8-15(7-13)11-17/h12-15H,4-11H2,1-3H3. The largest absolute Gasteiger partial charge is 0.297 e. The lowest BCUT2D eigenvalue weighted by Crippen LogP contribution is -2.55. The first-order chi connectivity index (χ1) is 9.08. The fourth-order valence-corrected chi connectivity index (χ4v) is 5.79. The second kappa shape index (κ2) is 4.87. The Labute approximate surface area is 117 Å². The number of ketones is 1. The van der Waals surface area contributed by atoms with Crippen molar-refractivity contribution in [2.75, 3.05) is 13.1 Å². The van der Waals surface area contributed by atoms with Gasteiger partial charge in [0.05, 0.1) is 6.04 Å². The first-order valence-corrected chi connectivity index (χ1v) is 8.36. The molecule has 0 N–H and O–H groups in total. The normalized spacial score (nSPS) is 41.8. The molecule has 0 amide bonds. The average molecular weight is 263 g/mol. The molecule has 4 saturated carbocycles. The van der Waals surface area contributed by atoms with Gasteiger partial charge in [-0.05, 0) is 76.3 Å². The molecule has 1 unspecified atom stereocenters. The van der Waals surface area contributed by atoms with Crippen molar-refractivity contribution < 1.29 is 4.79 Å². The quantitative estimate of drug-likeness (QED) is 0.756. The summed E-state index contributed by atoms with van der Waals surface area (Å²) in [5.74, 6) is 3.20. The van der Waals surface area contributed by atoms with E-state index in [-0.39, 0.29) is 11.5 Å². The molecule has 0 heterocycles. The predicted octanol–water partition coefficient (Wildman–Crippen LogP) is 3.50. The lowest BCUT2D eigenvalue weighted by Gasteiger charge is -2.56. The Bertz CT molecular complexity index is 323. The summed E-state index contributed by atoms with van der Waals surface area (Å²) in [5, 5.41) is 0. The number of rotatable bonds is 5. The second-order valence-electron chi connectivity index (χ2n) is 7.46. The predicted molar refractivity (Wildman–Crippen MR) is 78.0 cm³/mol. The van der Waals surface area contributed by atoms with Crippen LogP contribution in [0.25, 0.3) is 0 Å². The summed E-state index contributed by atoms with van der Waals surface area (Å²) in [6.07, 6.45) is 7.90. The van der Waals surface area contributed by atoms with E-state index in [0.29, 0.717) is 5.78 Å². The molecule has 0 aromatic heterocycles. The Hall–Kier alpha value is -0.370. The van der Waals surface area contributed by atoms with Gasteiger partial charge in [-0.3, -0.25) is 9.69 Å². The SMILES string of the molecule is CCN(CC)C(C)C(=O)C12CC3CC(CC(C3)C1)C2. The van der Waals surface area contributed by atoms with Gasteiger partial charge in [0.25, 0.3) is 0 Å². The van der Waals surface area contributed by atoms with Gasteiger partial charge in [0.2, 0.25) is 0 Å². The van der Waals surface area contributed by atoms with E-state index >= 15 is 0 Å². The average Bonchev–Trinajstić information content (AvgIpc) is 2.37. The van der Waals surface area contributed by atoms with Crippen LogP contribution in [0.1, 0.15) is 59.3 Å². The fraction of sp³-hybridized carbons (Fsp3) is 0.941. The number of carbonyl (C=O) groups is 1. The molecule has 4 fully saturated rings. The minimum absolute atomic E-state index is 0.0801. The minimum Gasteiger partial charge on any atom is -0.297 e. The van der Waals surface area contributed by atoms with Crippen molar-refractivity contribution in [3.05, 3.63) is 0 Å². The van der Waals surface area contributed by atoms with E-state index in [1.807, 2.05) is 0 Å². The summed E-state index contributed by atoms with van der Waals surface area (Å²) in [6.45, 7) is 8.49. The molecule has 4 aliphatic rings. The molecule has 0 aromatic rings. The maximum absolute atomic E-state index is 13.1. The monoisotopic (exact) mass is 263 g/mol. The molecule has 4 rings (SSSR count). The number of nitrogens with zero attached hydrogens (tertiary/aromatic N) is 1. The van der Waals surface area contributed by atoms with Crippen LogP contribution in [0.4, 0.5) is 0 Å². The highest BCUT2D eigenvalue weighted by Crippen LogP contribution is 2.60. The third kappa shape index (κ3) is 2.16. The molecule has 2 nitrogen and oxygen atoms in total. The van der Waals surface area contributed by atoms with Crippen LogP contribution >= 0.6 is 0 Å². The van der Waals surface area contributed by atoms with Crippen LogP contribution in [-0.2, 0) is 4.79 Å². The zero-order chi connectivity index (χ0) is 13.6. The van der Waals surface area contributed by atoms with Crippen LogP contribution in [-0.4, -0.2) is 29.8 Å². The van der Waals surface area contributed by atoms with E-state index in [1.165, 1.54) is 38.5 Å². The highest BCUT2D eigenvalue weighted by molar-refractivity contribution is 5.89. The zero-order valence-electron chi connectivity index (χ0n) is 12.8. The van der Waals surface area contributed by atoms with Gasteiger partial charge in [-0.1, -0.05) is 13.8 Å². The smallest absolute Gasteiger partial charge is 0.155 e. The Balaban J connectivity index is 1.79. The number of likely N-dealkylation sites (N-methyl/N-ethyl adjacent to an activating group) is 1. The van der Waals surface area contributed by atoms with Crippen LogP contribution < -0.4 is 0 Å². The molecule has 4 bridgehead atoms. The maximum atomic E-state index is 13.1. The Morgan fingerprint density at radius 2 is 1.47 bits per heavy atom. The van der Waals surface area contributed by atoms with Crippen molar-refractivity contribution >= 4 is 5.78 Å². The van der Waals surface area contributed by atoms with Crippen molar-refractivity contribution in [1.82, 2.24) is 4.90 Å². The maximum Gasteiger partial charge on any atom is 0.155 e. The molecular formula is C17H29NO. The highest BCUT2D eigenvalue weighted by atomic mass is 16.1. The minimum atomic E-state index is 0.0801. The molecule has 19 heavy (non-hydrogen) atoms. The van der Waals surface area contributed by atoms with Crippen LogP contribution in [0.5, 0.6) is 0 Å². The van der Waals surface area contributed by atoms with Gasteiger partial charge < -0.3 is 0 Å². The molecule has 2 heteroatoms. The van der Waals surface area contributed by atoms with Crippen molar-refractivity contribution in [2.45, 2.75) is 65.3 Å². The summed E-state index contributed by atoms with van der Waals surface area (Å²) in [6, 6.07) is 0.131. The lowest BCUT2D eigenvalue weighted by atomic mass is 9.48. The van der Waals surface area contributed by atoms with Gasteiger partial charge in [0.15, 0.2) is 5.78 Å². The Morgan fingerprint density at radius 1 is 1.05 bits per heavy atom. The van der Waals surface area contributed by atoms with Crippen LogP contribution in [0.3, 0.4) is 0 Å². The van der Waals surface area contributed by atoms with Gasteiger partial charge in [-0.2, -0.15) is 0 Å². The van der Waals surface area contributed by atoms with Gasteiger partial charge in [0.1, 0.15) is 0 Å². The summed E-state index contributed by atoms with van der Waals surface area (Å²) >= 11 is 0. The summed E-state index contributed by atoms with van der Waals surface area (Å²) in [7, 11) is 0. The van der Waals surface area contributed by atoms with Crippen molar-refractivity contribution in [3.63, 3.8) is 0 Å². The molecule has 1 atom stereocenters. The van der Waals surface area contributed by atoms with Crippen molar-refractivity contribution in [3.8, 4) is 0 Å². The highest BCUT2D eigenvalue weighted by Gasteiger charge is 2.55. The second-order valence-corrected chi connectivity index (χ2v) is 7.46. The lowest BCUT2D eigenvalue weighted by molar-refractivity contribution is -0.148. The summed E-state index contributed by atoms with van der Waals surface area (Å²) in [5.41, 5.74) is 0.0801. The number of Topliss-reactive ketones (excluding diaryl/α,β-unsaturated/α-hetero) is 1. The summed E-state index contributed by atoms with van der Waals surface area (Å²) < 4.78 is 0. The molecule has 0 radical (unpaired) electrons. The van der Waals surface area contributed by atoms with E-state index in [1.54, 1.807) is 0 Å². The first kappa shape index (κ1) is 13.6. The van der Waals surface area contributed by atoms with E-state index in [2.05, 4.69) is 25.7 Å². The fourth-order valence-electron chi connectivity index (χ4n) is 5.79. The third-order valence-electron chi connectivity index (χ3n) is 6.30. The Morgan fingerprint density at radius 3 is 1.84 bits per heavy atom. The molecule has 0 spiro atoms. The topological polar surface area (TPSA) is 20.3 Å². The van der Waals surface area contributed by atoms with E-state index in [0.717, 1.165) is 30.8 Å². The number of hydrogen-bond acceptors (Lipinski definition) is 2. The van der Waals surface area contributed by atoms with E-state index in [4.69, 9.17) is 0 Å². The molecule has 108 valence electrons. The molecule has 4 aliphatic carbocycles. The van der Waals surface area contributed by atoms with Gasteiger partial charge in [-0.25, -0.2) is 0 Å². The van der Waals surface area contributed by atoms with E-state index in [9.17, 15) is 4.79 Å². The number of hydrogen-bond donors (Lipinski definition) is 0.